The second-order valence-electron chi connectivity index (χ2n) is 3.94. The number of ether oxygens (including phenoxy) is 3. The van der Waals surface area contributed by atoms with E-state index in [9.17, 15) is 0 Å². The lowest BCUT2D eigenvalue weighted by atomic mass is 9.89. The van der Waals surface area contributed by atoms with E-state index in [0.717, 1.165) is 32.4 Å². The van der Waals surface area contributed by atoms with Gasteiger partial charge in [-0.05, 0) is 25.8 Å². The van der Waals surface area contributed by atoms with Crippen LogP contribution in [0.4, 0.5) is 0 Å². The zero-order valence-electron chi connectivity index (χ0n) is 9.83. The van der Waals surface area contributed by atoms with E-state index in [4.69, 9.17) is 14.2 Å². The fourth-order valence-corrected chi connectivity index (χ4v) is 1.65. The van der Waals surface area contributed by atoms with Crippen LogP contribution in [0.3, 0.4) is 0 Å². The van der Waals surface area contributed by atoms with Gasteiger partial charge in [-0.25, -0.2) is 0 Å². The van der Waals surface area contributed by atoms with Crippen molar-refractivity contribution in [1.29, 1.82) is 0 Å². The standard InChI is InChI=1S/C11H23NO3/c1-13-6-7-15-5-3-4-12-10-8-11(9-10)14-2/h10-12H,3-9H2,1-2H3. The third-order valence-electron chi connectivity index (χ3n) is 2.76. The zero-order valence-corrected chi connectivity index (χ0v) is 9.83. The quantitative estimate of drug-likeness (QED) is 0.580. The Morgan fingerprint density at radius 2 is 1.93 bits per heavy atom. The molecular formula is C11H23NO3. The Morgan fingerprint density at radius 3 is 2.60 bits per heavy atom. The maximum absolute atomic E-state index is 5.36. The third-order valence-corrected chi connectivity index (χ3v) is 2.76. The van der Waals surface area contributed by atoms with Gasteiger partial charge in [-0.15, -0.1) is 0 Å². The minimum atomic E-state index is 0.487. The van der Waals surface area contributed by atoms with E-state index in [-0.39, 0.29) is 0 Å². The summed E-state index contributed by atoms with van der Waals surface area (Å²) in [4.78, 5) is 0. The van der Waals surface area contributed by atoms with Crippen molar-refractivity contribution >= 4 is 0 Å². The highest BCUT2D eigenvalue weighted by Crippen LogP contribution is 2.22. The molecule has 0 saturated heterocycles. The van der Waals surface area contributed by atoms with E-state index in [2.05, 4.69) is 5.32 Å². The summed E-state index contributed by atoms with van der Waals surface area (Å²) in [6.07, 6.45) is 3.86. The molecule has 1 rings (SSSR count). The third kappa shape index (κ3) is 5.47. The first kappa shape index (κ1) is 12.9. The highest BCUT2D eigenvalue weighted by atomic mass is 16.5. The van der Waals surface area contributed by atoms with Crippen molar-refractivity contribution in [3.05, 3.63) is 0 Å². The molecule has 4 nitrogen and oxygen atoms in total. The lowest BCUT2D eigenvalue weighted by molar-refractivity contribution is 0.0164. The van der Waals surface area contributed by atoms with Gasteiger partial charge in [-0.1, -0.05) is 0 Å². The average Bonchev–Trinajstić information content (AvgIpc) is 2.19. The van der Waals surface area contributed by atoms with Crippen molar-refractivity contribution in [2.45, 2.75) is 31.4 Å². The van der Waals surface area contributed by atoms with Crippen LogP contribution in [0.25, 0.3) is 0 Å². The van der Waals surface area contributed by atoms with Gasteiger partial charge in [-0.2, -0.15) is 0 Å². The summed E-state index contributed by atoms with van der Waals surface area (Å²) in [5, 5.41) is 3.48. The van der Waals surface area contributed by atoms with E-state index >= 15 is 0 Å². The van der Waals surface area contributed by atoms with Crippen molar-refractivity contribution in [2.24, 2.45) is 0 Å². The van der Waals surface area contributed by atoms with Crippen LogP contribution in [0.15, 0.2) is 0 Å². The number of methoxy groups -OCH3 is 2. The van der Waals surface area contributed by atoms with Crippen LogP contribution >= 0.6 is 0 Å². The van der Waals surface area contributed by atoms with Crippen LogP contribution in [-0.4, -0.2) is 52.7 Å². The predicted molar refractivity (Wildman–Crippen MR) is 59.1 cm³/mol. The molecule has 0 atom stereocenters. The van der Waals surface area contributed by atoms with Crippen LogP contribution in [0, 0.1) is 0 Å². The van der Waals surface area contributed by atoms with E-state index in [1.807, 2.05) is 0 Å². The lowest BCUT2D eigenvalue weighted by Gasteiger charge is -2.34. The molecule has 0 aliphatic heterocycles. The maximum atomic E-state index is 5.36. The summed E-state index contributed by atoms with van der Waals surface area (Å²) < 4.78 is 15.5. The number of nitrogens with one attached hydrogen (secondary N) is 1. The fraction of sp³-hybridized carbons (Fsp3) is 1.00. The van der Waals surface area contributed by atoms with Crippen molar-refractivity contribution < 1.29 is 14.2 Å². The summed E-state index contributed by atoms with van der Waals surface area (Å²) in [5.74, 6) is 0. The Labute approximate surface area is 92.3 Å². The Bertz CT molecular complexity index is 149. The molecule has 0 aromatic rings. The van der Waals surface area contributed by atoms with Crippen LogP contribution < -0.4 is 5.32 Å². The van der Waals surface area contributed by atoms with E-state index < -0.39 is 0 Å². The van der Waals surface area contributed by atoms with Crippen LogP contribution in [-0.2, 0) is 14.2 Å². The monoisotopic (exact) mass is 217 g/mol. The van der Waals surface area contributed by atoms with E-state index in [0.29, 0.717) is 25.4 Å². The predicted octanol–water partition coefficient (Wildman–Crippen LogP) is 0.806. The van der Waals surface area contributed by atoms with Crippen LogP contribution in [0.5, 0.6) is 0 Å². The zero-order chi connectivity index (χ0) is 10.9. The van der Waals surface area contributed by atoms with Gasteiger partial charge >= 0.3 is 0 Å². The molecule has 4 heteroatoms. The van der Waals surface area contributed by atoms with Gasteiger partial charge in [0.2, 0.25) is 0 Å². The molecule has 0 aromatic heterocycles. The van der Waals surface area contributed by atoms with Crippen LogP contribution in [0.1, 0.15) is 19.3 Å². The van der Waals surface area contributed by atoms with Crippen molar-refractivity contribution in [3.63, 3.8) is 0 Å². The molecule has 1 saturated carbocycles. The smallest absolute Gasteiger partial charge is 0.0700 e. The maximum Gasteiger partial charge on any atom is 0.0700 e. The summed E-state index contributed by atoms with van der Waals surface area (Å²) in [5.41, 5.74) is 0. The molecule has 0 aromatic carbocycles. The molecule has 0 heterocycles. The molecule has 0 spiro atoms. The SMILES string of the molecule is COCCOCCCNC1CC(OC)C1. The molecule has 1 fully saturated rings. The highest BCUT2D eigenvalue weighted by molar-refractivity contribution is 4.85. The van der Waals surface area contributed by atoms with Gasteiger partial charge in [0.25, 0.3) is 0 Å². The van der Waals surface area contributed by atoms with Crippen molar-refractivity contribution in [2.75, 3.05) is 40.6 Å². The van der Waals surface area contributed by atoms with Gasteiger partial charge in [0.15, 0.2) is 0 Å². The highest BCUT2D eigenvalue weighted by Gasteiger charge is 2.27. The normalized spacial score (nSPS) is 25.2. The Hall–Kier alpha value is -0.160. The number of rotatable bonds is 9. The fourth-order valence-electron chi connectivity index (χ4n) is 1.65. The largest absolute Gasteiger partial charge is 0.382 e. The molecule has 0 bridgehead atoms. The molecule has 0 unspecified atom stereocenters. The molecule has 1 N–H and O–H groups in total. The first-order valence-corrected chi connectivity index (χ1v) is 5.69. The Balaban J connectivity index is 1.74. The van der Waals surface area contributed by atoms with Gasteiger partial charge in [-0.3, -0.25) is 0 Å². The average molecular weight is 217 g/mol. The first-order chi connectivity index (χ1) is 7.36. The first-order valence-electron chi connectivity index (χ1n) is 5.69. The van der Waals surface area contributed by atoms with Crippen molar-refractivity contribution in [1.82, 2.24) is 5.32 Å². The molecule has 15 heavy (non-hydrogen) atoms. The summed E-state index contributed by atoms with van der Waals surface area (Å²) in [6, 6.07) is 0.661. The topological polar surface area (TPSA) is 39.7 Å². The minimum Gasteiger partial charge on any atom is -0.382 e. The minimum absolute atomic E-state index is 0.487. The molecule has 1 aliphatic carbocycles. The Kier molecular flexibility index (Phi) is 6.92. The van der Waals surface area contributed by atoms with Gasteiger partial charge in [0, 0.05) is 26.9 Å². The molecule has 0 amide bonds. The molecule has 0 radical (unpaired) electrons. The summed E-state index contributed by atoms with van der Waals surface area (Å²) in [7, 11) is 3.47. The van der Waals surface area contributed by atoms with Crippen molar-refractivity contribution in [3.8, 4) is 0 Å². The molecule has 90 valence electrons. The van der Waals surface area contributed by atoms with Gasteiger partial charge in [0.05, 0.1) is 19.3 Å². The summed E-state index contributed by atoms with van der Waals surface area (Å²) in [6.45, 7) is 3.24. The summed E-state index contributed by atoms with van der Waals surface area (Å²) >= 11 is 0. The van der Waals surface area contributed by atoms with Gasteiger partial charge < -0.3 is 19.5 Å². The Morgan fingerprint density at radius 1 is 1.13 bits per heavy atom. The number of hydrogen-bond acceptors (Lipinski definition) is 4. The second-order valence-corrected chi connectivity index (χ2v) is 3.94. The van der Waals surface area contributed by atoms with E-state index in [1.165, 1.54) is 0 Å². The molecular weight excluding hydrogens is 194 g/mol. The van der Waals surface area contributed by atoms with Crippen LogP contribution in [0.2, 0.25) is 0 Å². The molecule has 1 aliphatic rings. The second kappa shape index (κ2) is 8.05. The van der Waals surface area contributed by atoms with Gasteiger partial charge in [0.1, 0.15) is 0 Å². The number of hydrogen-bond donors (Lipinski definition) is 1. The lowest BCUT2D eigenvalue weighted by Crippen LogP contribution is -2.45. The van der Waals surface area contributed by atoms with E-state index in [1.54, 1.807) is 14.2 Å².